The van der Waals surface area contributed by atoms with Gasteiger partial charge in [-0.2, -0.15) is 5.10 Å². The molecule has 0 aliphatic rings. The molecule has 7 nitrogen and oxygen atoms in total. The summed E-state index contributed by atoms with van der Waals surface area (Å²) in [5.41, 5.74) is 3.41. The number of carbonyl (C=O) groups is 2. The zero-order valence-corrected chi connectivity index (χ0v) is 15.4. The van der Waals surface area contributed by atoms with Gasteiger partial charge < -0.3 is 14.8 Å². The monoisotopic (exact) mass is 377 g/mol. The molecular weight excluding hydrogens is 358 g/mol. The molecule has 0 radical (unpaired) electrons. The molecule has 0 heterocycles. The van der Waals surface area contributed by atoms with E-state index in [1.165, 1.54) is 6.21 Å². The van der Waals surface area contributed by atoms with E-state index in [2.05, 4.69) is 15.8 Å². The molecule has 3 rings (SSSR count). The van der Waals surface area contributed by atoms with E-state index >= 15 is 0 Å². The molecular formula is C21H19N3O4. The Morgan fingerprint density at radius 2 is 1.64 bits per heavy atom. The Morgan fingerprint density at radius 1 is 0.893 bits per heavy atom. The molecule has 142 valence electrons. The normalized spacial score (nSPS) is 10.6. The summed E-state index contributed by atoms with van der Waals surface area (Å²) in [7, 11) is 3.10. The van der Waals surface area contributed by atoms with Crippen LogP contribution < -0.4 is 20.2 Å². The van der Waals surface area contributed by atoms with Crippen molar-refractivity contribution in [2.24, 2.45) is 5.10 Å². The van der Waals surface area contributed by atoms with Crippen molar-refractivity contribution >= 4 is 34.5 Å². The zero-order valence-electron chi connectivity index (χ0n) is 15.4. The quantitative estimate of drug-likeness (QED) is 0.406. The van der Waals surface area contributed by atoms with Crippen LogP contribution in [-0.4, -0.2) is 32.2 Å². The summed E-state index contributed by atoms with van der Waals surface area (Å²) < 4.78 is 10.4. The SMILES string of the molecule is COc1ccc(NC(=O)C(=O)N/N=C\c2c(OC)ccc3ccccc23)cc1. The van der Waals surface area contributed by atoms with Crippen molar-refractivity contribution in [1.29, 1.82) is 0 Å². The predicted octanol–water partition coefficient (Wildman–Crippen LogP) is 2.95. The number of anilines is 1. The number of hydrogen-bond donors (Lipinski definition) is 2. The van der Waals surface area contributed by atoms with Crippen molar-refractivity contribution in [3.8, 4) is 11.5 Å². The maximum absolute atomic E-state index is 12.0. The van der Waals surface area contributed by atoms with Crippen LogP contribution in [0.4, 0.5) is 5.69 Å². The van der Waals surface area contributed by atoms with Crippen molar-refractivity contribution < 1.29 is 19.1 Å². The van der Waals surface area contributed by atoms with E-state index in [1.54, 1.807) is 38.5 Å². The summed E-state index contributed by atoms with van der Waals surface area (Å²) in [5, 5.41) is 8.32. The minimum Gasteiger partial charge on any atom is -0.497 e. The number of nitrogens with zero attached hydrogens (tertiary/aromatic N) is 1. The average molecular weight is 377 g/mol. The van der Waals surface area contributed by atoms with Gasteiger partial charge in [0.2, 0.25) is 0 Å². The van der Waals surface area contributed by atoms with Crippen LogP contribution in [0.1, 0.15) is 5.56 Å². The van der Waals surface area contributed by atoms with Gasteiger partial charge in [0.15, 0.2) is 0 Å². The fraction of sp³-hybridized carbons (Fsp3) is 0.0952. The second-order valence-electron chi connectivity index (χ2n) is 5.78. The predicted molar refractivity (Wildman–Crippen MR) is 108 cm³/mol. The maximum atomic E-state index is 12.0. The summed E-state index contributed by atoms with van der Waals surface area (Å²) in [6.45, 7) is 0. The molecule has 0 unspecified atom stereocenters. The number of carbonyl (C=O) groups excluding carboxylic acids is 2. The van der Waals surface area contributed by atoms with Crippen molar-refractivity contribution in [3.05, 3.63) is 66.2 Å². The molecule has 7 heteroatoms. The van der Waals surface area contributed by atoms with Gasteiger partial charge in [-0.15, -0.1) is 0 Å². The lowest BCUT2D eigenvalue weighted by atomic mass is 10.0. The highest BCUT2D eigenvalue weighted by Gasteiger charge is 2.13. The molecule has 0 saturated heterocycles. The van der Waals surface area contributed by atoms with Gasteiger partial charge in [-0.1, -0.05) is 30.3 Å². The van der Waals surface area contributed by atoms with E-state index < -0.39 is 11.8 Å². The Kier molecular flexibility index (Phi) is 5.86. The standard InChI is InChI=1S/C21H19N3O4/c1-27-16-10-8-15(9-11-16)23-20(25)21(26)24-22-13-18-17-6-4-3-5-14(17)7-12-19(18)28-2/h3-13H,1-2H3,(H,23,25)(H,24,26)/b22-13-. The van der Waals surface area contributed by atoms with E-state index in [1.807, 2.05) is 36.4 Å². The summed E-state index contributed by atoms with van der Waals surface area (Å²) in [5.74, 6) is -0.450. The lowest BCUT2D eigenvalue weighted by Gasteiger charge is -2.08. The first-order chi connectivity index (χ1) is 13.6. The summed E-state index contributed by atoms with van der Waals surface area (Å²) in [4.78, 5) is 24.0. The molecule has 3 aromatic carbocycles. The lowest BCUT2D eigenvalue weighted by Crippen LogP contribution is -2.32. The van der Waals surface area contributed by atoms with Gasteiger partial charge >= 0.3 is 11.8 Å². The Labute approximate surface area is 162 Å². The number of methoxy groups -OCH3 is 2. The number of benzene rings is 3. The largest absolute Gasteiger partial charge is 0.497 e. The number of ether oxygens (including phenoxy) is 2. The van der Waals surface area contributed by atoms with Gasteiger partial charge in [0, 0.05) is 11.3 Å². The zero-order chi connectivity index (χ0) is 19.9. The number of hydrogen-bond acceptors (Lipinski definition) is 5. The first kappa shape index (κ1) is 18.9. The minimum atomic E-state index is -0.883. The number of hydrazone groups is 1. The highest BCUT2D eigenvalue weighted by Crippen LogP contribution is 2.26. The molecule has 28 heavy (non-hydrogen) atoms. The summed E-state index contributed by atoms with van der Waals surface area (Å²) >= 11 is 0. The van der Waals surface area contributed by atoms with Gasteiger partial charge in [0.05, 0.1) is 20.4 Å². The lowest BCUT2D eigenvalue weighted by molar-refractivity contribution is -0.136. The topological polar surface area (TPSA) is 89.0 Å². The Balaban J connectivity index is 1.69. The Morgan fingerprint density at radius 3 is 2.36 bits per heavy atom. The van der Waals surface area contributed by atoms with Crippen LogP contribution >= 0.6 is 0 Å². The third-order valence-corrected chi connectivity index (χ3v) is 4.06. The van der Waals surface area contributed by atoms with Crippen molar-refractivity contribution in [3.63, 3.8) is 0 Å². The molecule has 0 aliphatic carbocycles. The van der Waals surface area contributed by atoms with Gasteiger partial charge in [0.1, 0.15) is 11.5 Å². The Hall–Kier alpha value is -3.87. The van der Waals surface area contributed by atoms with E-state index in [-0.39, 0.29) is 0 Å². The second kappa shape index (κ2) is 8.68. The van der Waals surface area contributed by atoms with Gasteiger partial charge in [-0.05, 0) is 41.1 Å². The summed E-state index contributed by atoms with van der Waals surface area (Å²) in [6.07, 6.45) is 1.46. The molecule has 0 aliphatic heterocycles. The first-order valence-corrected chi connectivity index (χ1v) is 8.46. The van der Waals surface area contributed by atoms with Gasteiger partial charge in [0.25, 0.3) is 0 Å². The van der Waals surface area contributed by atoms with E-state index in [0.29, 0.717) is 22.7 Å². The number of nitrogens with one attached hydrogen (secondary N) is 2. The maximum Gasteiger partial charge on any atom is 0.329 e. The van der Waals surface area contributed by atoms with E-state index in [4.69, 9.17) is 9.47 Å². The van der Waals surface area contributed by atoms with Crippen molar-refractivity contribution in [2.75, 3.05) is 19.5 Å². The number of amides is 2. The van der Waals surface area contributed by atoms with Crippen molar-refractivity contribution in [2.45, 2.75) is 0 Å². The molecule has 3 aromatic rings. The molecule has 0 atom stereocenters. The molecule has 2 N–H and O–H groups in total. The highest BCUT2D eigenvalue weighted by atomic mass is 16.5. The van der Waals surface area contributed by atoms with E-state index in [0.717, 1.165) is 10.8 Å². The fourth-order valence-corrected chi connectivity index (χ4v) is 2.66. The molecule has 2 amide bonds. The third-order valence-electron chi connectivity index (χ3n) is 4.06. The highest BCUT2D eigenvalue weighted by molar-refractivity contribution is 6.39. The van der Waals surface area contributed by atoms with Crippen LogP contribution in [0.5, 0.6) is 11.5 Å². The average Bonchev–Trinajstić information content (AvgIpc) is 2.74. The second-order valence-corrected chi connectivity index (χ2v) is 5.78. The smallest absolute Gasteiger partial charge is 0.329 e. The molecule has 0 bridgehead atoms. The molecule has 0 saturated carbocycles. The fourth-order valence-electron chi connectivity index (χ4n) is 2.66. The van der Waals surface area contributed by atoms with Crippen LogP contribution in [-0.2, 0) is 9.59 Å². The van der Waals surface area contributed by atoms with Gasteiger partial charge in [-0.3, -0.25) is 9.59 Å². The number of rotatable bonds is 5. The molecule has 0 spiro atoms. The molecule has 0 fully saturated rings. The van der Waals surface area contributed by atoms with Crippen molar-refractivity contribution in [1.82, 2.24) is 5.43 Å². The Bertz CT molecular complexity index is 1030. The minimum absolute atomic E-state index is 0.473. The van der Waals surface area contributed by atoms with E-state index in [9.17, 15) is 9.59 Å². The van der Waals surface area contributed by atoms with Crippen LogP contribution in [0.25, 0.3) is 10.8 Å². The van der Waals surface area contributed by atoms with Gasteiger partial charge in [-0.25, -0.2) is 5.43 Å². The van der Waals surface area contributed by atoms with Crippen LogP contribution in [0.3, 0.4) is 0 Å². The molecule has 0 aromatic heterocycles. The van der Waals surface area contributed by atoms with Crippen LogP contribution in [0, 0.1) is 0 Å². The summed E-state index contributed by atoms with van der Waals surface area (Å²) in [6, 6.07) is 18.1. The first-order valence-electron chi connectivity index (χ1n) is 8.46. The third kappa shape index (κ3) is 4.27. The number of fused-ring (bicyclic) bond motifs is 1. The van der Waals surface area contributed by atoms with Crippen LogP contribution in [0.15, 0.2) is 65.8 Å². The van der Waals surface area contributed by atoms with Crippen LogP contribution in [0.2, 0.25) is 0 Å².